The maximum absolute atomic E-state index is 7.09. The highest BCUT2D eigenvalue weighted by atomic mass is 16.5. The third-order valence-electron chi connectivity index (χ3n) is 12.2. The fraction of sp³-hybridized carbons (Fsp3) is 0.209. The Balaban J connectivity index is 1.42. The summed E-state index contributed by atoms with van der Waals surface area (Å²) in [4.78, 5) is 0. The molecule has 0 N–H and O–H groups in total. The number of fused-ring (bicyclic) bond motifs is 7. The van der Waals surface area contributed by atoms with Gasteiger partial charge in [-0.1, -0.05) is 111 Å². The van der Waals surface area contributed by atoms with E-state index in [1.807, 2.05) is 0 Å². The van der Waals surface area contributed by atoms with Crippen LogP contribution in [-0.4, -0.2) is 17.1 Å². The Kier molecular flexibility index (Phi) is 4.97. The molecule has 7 aromatic rings. The molecule has 1 aliphatic carbocycles. The second-order valence-electron chi connectivity index (χ2n) is 15.1. The molecule has 0 amide bonds. The number of para-hydroxylation sites is 2. The number of benzene rings is 6. The quantitative estimate of drug-likeness (QED) is 0.182. The van der Waals surface area contributed by atoms with Gasteiger partial charge in [-0.05, 0) is 94.8 Å². The Hall–Kier alpha value is -4.60. The highest BCUT2D eigenvalue weighted by Gasteiger charge is 2.52. The molecule has 10 rings (SSSR count). The fourth-order valence-corrected chi connectivity index (χ4v) is 9.10. The molecular formula is C43H36BNO. The van der Waals surface area contributed by atoms with Gasteiger partial charge < -0.3 is 9.22 Å². The van der Waals surface area contributed by atoms with Gasteiger partial charge in [-0.2, -0.15) is 0 Å². The van der Waals surface area contributed by atoms with E-state index in [2.05, 4.69) is 154 Å². The maximum atomic E-state index is 7.09. The molecule has 3 aliphatic rings. The largest absolute Gasteiger partial charge is 0.426 e. The molecule has 222 valence electrons. The van der Waals surface area contributed by atoms with Crippen LogP contribution in [0.1, 0.15) is 51.3 Å². The Labute approximate surface area is 270 Å². The van der Waals surface area contributed by atoms with Crippen LogP contribution < -0.4 is 5.46 Å². The third kappa shape index (κ3) is 3.12. The minimum absolute atomic E-state index is 0.00270. The molecule has 1 aromatic heterocycles. The van der Waals surface area contributed by atoms with Crippen molar-refractivity contribution in [2.24, 2.45) is 5.41 Å². The van der Waals surface area contributed by atoms with Crippen LogP contribution in [-0.2, 0) is 10.1 Å². The van der Waals surface area contributed by atoms with E-state index in [9.17, 15) is 0 Å². The standard InChI is InChI=1S/C43H36BNO/c1-41(2)25-44(46-42(41,3)4)34-24-33-39-37-30(17-12-18-32(37)43(33,5)28-22-21-26-13-6-7-14-27(26)23-28)29-15-8-10-19-35(29)45-36-20-11-9-16-31(36)38(34)40(39)45/h6-24H,25H2,1-5H3. The van der Waals surface area contributed by atoms with Crippen LogP contribution in [0.4, 0.5) is 0 Å². The van der Waals surface area contributed by atoms with E-state index in [4.69, 9.17) is 4.65 Å². The summed E-state index contributed by atoms with van der Waals surface area (Å²) in [5, 5.41) is 5.20. The van der Waals surface area contributed by atoms with Crippen molar-refractivity contribution >= 4 is 45.0 Å². The number of aromatic nitrogens is 1. The molecule has 46 heavy (non-hydrogen) atoms. The molecule has 6 aromatic carbocycles. The van der Waals surface area contributed by atoms with Crippen LogP contribution in [0.3, 0.4) is 0 Å². The molecule has 3 heteroatoms. The molecule has 0 bridgehead atoms. The van der Waals surface area contributed by atoms with Gasteiger partial charge in [0.05, 0.1) is 22.3 Å². The summed E-state index contributed by atoms with van der Waals surface area (Å²) in [6, 6.07) is 43.4. The Bertz CT molecular complexity index is 2450. The summed E-state index contributed by atoms with van der Waals surface area (Å²) in [6.45, 7) is 11.7. The summed E-state index contributed by atoms with van der Waals surface area (Å²) < 4.78 is 9.66. The molecular weight excluding hydrogens is 557 g/mol. The molecule has 0 spiro atoms. The van der Waals surface area contributed by atoms with Crippen molar-refractivity contribution in [1.29, 1.82) is 0 Å². The van der Waals surface area contributed by atoms with Crippen molar-refractivity contribution in [2.75, 3.05) is 0 Å². The monoisotopic (exact) mass is 593 g/mol. The van der Waals surface area contributed by atoms with Crippen molar-refractivity contribution in [2.45, 2.75) is 52.0 Å². The number of rotatable bonds is 2. The van der Waals surface area contributed by atoms with Gasteiger partial charge in [0.2, 0.25) is 0 Å². The number of hydrogen-bond acceptors (Lipinski definition) is 1. The summed E-state index contributed by atoms with van der Waals surface area (Å²) >= 11 is 0. The smallest absolute Gasteiger partial charge is 0.328 e. The zero-order chi connectivity index (χ0) is 31.2. The lowest BCUT2D eigenvalue weighted by atomic mass is 9.52. The first kappa shape index (κ1) is 26.6. The van der Waals surface area contributed by atoms with E-state index in [1.54, 1.807) is 0 Å². The molecule has 2 aliphatic heterocycles. The minimum atomic E-state index is -0.342. The van der Waals surface area contributed by atoms with Crippen LogP contribution in [0.15, 0.2) is 115 Å². The Morgan fingerprint density at radius 1 is 0.652 bits per heavy atom. The topological polar surface area (TPSA) is 14.2 Å². The minimum Gasteiger partial charge on any atom is -0.426 e. The first-order chi connectivity index (χ1) is 22.2. The summed E-state index contributed by atoms with van der Waals surface area (Å²) in [6.07, 6.45) is 0.981. The molecule has 1 atom stereocenters. The molecule has 1 fully saturated rings. The molecule has 0 radical (unpaired) electrons. The SMILES string of the molecule is CC1(c2ccc3ccccc3c2)c2cccc3c2-c2c1cc(B1CC(C)(C)C(C)(C)O1)c1c4ccccc4n(c21)-c1ccccc1-3. The average Bonchev–Trinajstić information content (AvgIpc) is 3.58. The van der Waals surface area contributed by atoms with E-state index in [-0.39, 0.29) is 23.3 Å². The van der Waals surface area contributed by atoms with Crippen molar-refractivity contribution in [3.8, 4) is 27.9 Å². The zero-order valence-electron chi connectivity index (χ0n) is 27.1. The van der Waals surface area contributed by atoms with Gasteiger partial charge in [0.15, 0.2) is 0 Å². The van der Waals surface area contributed by atoms with Crippen LogP contribution >= 0.6 is 0 Å². The van der Waals surface area contributed by atoms with Gasteiger partial charge in [0.25, 0.3) is 0 Å². The second-order valence-corrected chi connectivity index (χ2v) is 15.1. The highest BCUT2D eigenvalue weighted by Crippen LogP contribution is 2.60. The van der Waals surface area contributed by atoms with Crippen LogP contribution in [0.5, 0.6) is 0 Å². The predicted molar refractivity (Wildman–Crippen MR) is 194 cm³/mol. The van der Waals surface area contributed by atoms with Gasteiger partial charge in [-0.15, -0.1) is 0 Å². The maximum Gasteiger partial charge on any atom is 0.328 e. The van der Waals surface area contributed by atoms with E-state index in [0.717, 1.165) is 6.32 Å². The zero-order valence-corrected chi connectivity index (χ0v) is 27.1. The van der Waals surface area contributed by atoms with Gasteiger partial charge in [-0.25, -0.2) is 0 Å². The lowest BCUT2D eigenvalue weighted by Crippen LogP contribution is -2.36. The van der Waals surface area contributed by atoms with Crippen LogP contribution in [0.2, 0.25) is 6.32 Å². The molecule has 3 heterocycles. The lowest BCUT2D eigenvalue weighted by molar-refractivity contribution is 0.0376. The van der Waals surface area contributed by atoms with Crippen LogP contribution in [0, 0.1) is 5.41 Å². The Morgan fingerprint density at radius 2 is 1.39 bits per heavy atom. The van der Waals surface area contributed by atoms with Gasteiger partial charge in [0, 0.05) is 27.3 Å². The van der Waals surface area contributed by atoms with E-state index >= 15 is 0 Å². The van der Waals surface area contributed by atoms with Crippen molar-refractivity contribution in [1.82, 2.24) is 4.57 Å². The third-order valence-corrected chi connectivity index (χ3v) is 12.2. The average molecular weight is 594 g/mol. The summed E-state index contributed by atoms with van der Waals surface area (Å²) in [7, 11) is 0. The van der Waals surface area contributed by atoms with Gasteiger partial charge >= 0.3 is 6.92 Å². The fourth-order valence-electron chi connectivity index (χ4n) is 9.10. The van der Waals surface area contributed by atoms with E-state index in [0.29, 0.717) is 0 Å². The number of hydrogen-bond donors (Lipinski definition) is 0. The molecule has 1 saturated heterocycles. The predicted octanol–water partition coefficient (Wildman–Crippen LogP) is 10.3. The van der Waals surface area contributed by atoms with Gasteiger partial charge in [-0.3, -0.25) is 0 Å². The van der Waals surface area contributed by atoms with E-state index in [1.165, 1.54) is 82.7 Å². The molecule has 1 unspecified atom stereocenters. The van der Waals surface area contributed by atoms with Crippen LogP contribution in [0.25, 0.3) is 60.5 Å². The van der Waals surface area contributed by atoms with Crippen molar-refractivity contribution in [3.05, 3.63) is 132 Å². The first-order valence-corrected chi connectivity index (χ1v) is 16.7. The highest BCUT2D eigenvalue weighted by molar-refractivity contribution is 6.72. The summed E-state index contributed by atoms with van der Waals surface area (Å²) in [5.41, 5.74) is 14.1. The normalized spacial score (nSPS) is 20.1. The number of nitrogens with zero attached hydrogens (tertiary/aromatic N) is 1. The Morgan fingerprint density at radius 3 is 2.22 bits per heavy atom. The summed E-state index contributed by atoms with van der Waals surface area (Å²) in [5.74, 6) is 0. The lowest BCUT2D eigenvalue weighted by Gasteiger charge is -2.34. The molecule has 0 saturated carbocycles. The first-order valence-electron chi connectivity index (χ1n) is 16.7. The van der Waals surface area contributed by atoms with Crippen molar-refractivity contribution < 1.29 is 4.65 Å². The molecule has 2 nitrogen and oxygen atoms in total. The van der Waals surface area contributed by atoms with E-state index < -0.39 is 0 Å². The second kappa shape index (κ2) is 8.60. The van der Waals surface area contributed by atoms with Gasteiger partial charge in [0.1, 0.15) is 0 Å². The van der Waals surface area contributed by atoms with Crippen molar-refractivity contribution in [3.63, 3.8) is 0 Å².